The van der Waals surface area contributed by atoms with E-state index in [9.17, 15) is 4.79 Å². The molecule has 1 atom stereocenters. The topological polar surface area (TPSA) is 66.6 Å². The maximum atomic E-state index is 12.3. The molecule has 0 saturated carbocycles. The van der Waals surface area contributed by atoms with E-state index in [-0.39, 0.29) is 25.0 Å². The molecule has 1 unspecified atom stereocenters. The number of nitrogen functional groups attached to an aromatic ring is 1. The van der Waals surface area contributed by atoms with Crippen LogP contribution in [-0.2, 0) is 4.79 Å². The van der Waals surface area contributed by atoms with Gasteiger partial charge in [-0.15, -0.1) is 0 Å². The van der Waals surface area contributed by atoms with Crippen LogP contribution < -0.4 is 10.6 Å². The molecule has 0 aliphatic carbocycles. The van der Waals surface area contributed by atoms with E-state index in [0.29, 0.717) is 11.4 Å². The lowest BCUT2D eigenvalue weighted by Gasteiger charge is -2.26. The minimum Gasteiger partial charge on any atom is -0.397 e. The summed E-state index contributed by atoms with van der Waals surface area (Å²) in [5.74, 6) is -0.0371. The molecule has 4 heteroatoms. The molecule has 100 valence electrons. The molecule has 1 amide bonds. The Labute approximate surface area is 108 Å². The highest BCUT2D eigenvalue weighted by atomic mass is 16.3. The molecule has 0 bridgehead atoms. The largest absolute Gasteiger partial charge is 0.397 e. The van der Waals surface area contributed by atoms with Gasteiger partial charge >= 0.3 is 0 Å². The van der Waals surface area contributed by atoms with Gasteiger partial charge in [-0.3, -0.25) is 4.79 Å². The highest BCUT2D eigenvalue weighted by Gasteiger charge is 2.22. The monoisotopic (exact) mass is 250 g/mol. The molecule has 3 N–H and O–H groups in total. The molecule has 0 spiro atoms. The van der Waals surface area contributed by atoms with Crippen LogP contribution in [0.25, 0.3) is 0 Å². The first-order chi connectivity index (χ1) is 8.61. The van der Waals surface area contributed by atoms with Crippen molar-refractivity contribution in [2.75, 3.05) is 23.8 Å². The number of carbonyl (C=O) groups is 1. The normalized spacial score (nSPS) is 12.2. The van der Waals surface area contributed by atoms with Gasteiger partial charge in [-0.1, -0.05) is 32.4 Å². The quantitative estimate of drug-likeness (QED) is 0.759. The van der Waals surface area contributed by atoms with E-state index in [1.54, 1.807) is 11.0 Å². The second kappa shape index (κ2) is 7.01. The summed E-state index contributed by atoms with van der Waals surface area (Å²) in [6.45, 7) is 4.17. The highest BCUT2D eigenvalue weighted by Crippen LogP contribution is 2.24. The molecule has 0 radical (unpaired) electrons. The van der Waals surface area contributed by atoms with Crippen molar-refractivity contribution >= 4 is 17.3 Å². The maximum Gasteiger partial charge on any atom is 0.229 e. The van der Waals surface area contributed by atoms with Gasteiger partial charge in [0, 0.05) is 12.5 Å². The van der Waals surface area contributed by atoms with Gasteiger partial charge in [0.25, 0.3) is 0 Å². The van der Waals surface area contributed by atoms with E-state index >= 15 is 0 Å². The number of aliphatic hydroxyl groups is 1. The van der Waals surface area contributed by atoms with Crippen molar-refractivity contribution in [3.05, 3.63) is 24.3 Å². The minimum atomic E-state index is -0.0705. The van der Waals surface area contributed by atoms with Crippen molar-refractivity contribution in [3.63, 3.8) is 0 Å². The van der Waals surface area contributed by atoms with E-state index in [0.717, 1.165) is 12.8 Å². The van der Waals surface area contributed by atoms with Gasteiger partial charge in [0.05, 0.1) is 18.0 Å². The zero-order valence-electron chi connectivity index (χ0n) is 11.1. The lowest BCUT2D eigenvalue weighted by molar-refractivity contribution is -0.122. The average molecular weight is 250 g/mol. The Morgan fingerprint density at radius 3 is 2.67 bits per heavy atom. The van der Waals surface area contributed by atoms with Crippen molar-refractivity contribution in [2.24, 2.45) is 5.92 Å². The summed E-state index contributed by atoms with van der Waals surface area (Å²) < 4.78 is 0. The Kier molecular flexibility index (Phi) is 5.65. The van der Waals surface area contributed by atoms with Crippen LogP contribution in [0.1, 0.15) is 26.7 Å². The van der Waals surface area contributed by atoms with Crippen molar-refractivity contribution in [3.8, 4) is 0 Å². The van der Waals surface area contributed by atoms with Crippen LogP contribution in [-0.4, -0.2) is 24.2 Å². The Morgan fingerprint density at radius 1 is 1.44 bits per heavy atom. The number of nitrogens with two attached hydrogens (primary N) is 1. The maximum absolute atomic E-state index is 12.3. The third-order valence-corrected chi connectivity index (χ3v) is 2.96. The Hall–Kier alpha value is -1.55. The Balaban J connectivity index is 2.96. The molecular formula is C14H22N2O2. The van der Waals surface area contributed by atoms with Gasteiger partial charge in [-0.25, -0.2) is 0 Å². The fourth-order valence-corrected chi connectivity index (χ4v) is 2.01. The molecule has 0 saturated heterocycles. The van der Waals surface area contributed by atoms with Crippen LogP contribution in [0.5, 0.6) is 0 Å². The fraction of sp³-hybridized carbons (Fsp3) is 0.500. The van der Waals surface area contributed by atoms with Crippen molar-refractivity contribution in [2.45, 2.75) is 26.7 Å². The first-order valence-electron chi connectivity index (χ1n) is 6.38. The number of carbonyl (C=O) groups excluding carboxylic acids is 1. The molecule has 18 heavy (non-hydrogen) atoms. The predicted molar refractivity (Wildman–Crippen MR) is 74.4 cm³/mol. The first kappa shape index (κ1) is 14.5. The summed E-state index contributed by atoms with van der Waals surface area (Å²) in [4.78, 5) is 13.9. The standard InChI is InChI=1S/C14H22N2O2/c1-3-6-11(2)14(18)16(9-10-17)13-8-5-4-7-12(13)15/h4-5,7-8,11,17H,3,6,9-10,15H2,1-2H3. The molecule has 1 rings (SSSR count). The van der Waals surface area contributed by atoms with E-state index in [2.05, 4.69) is 6.92 Å². The van der Waals surface area contributed by atoms with Crippen LogP contribution in [0.15, 0.2) is 24.3 Å². The molecule has 1 aromatic rings. The summed E-state index contributed by atoms with van der Waals surface area (Å²) in [5.41, 5.74) is 7.13. The van der Waals surface area contributed by atoms with Crippen molar-refractivity contribution < 1.29 is 9.90 Å². The summed E-state index contributed by atoms with van der Waals surface area (Å²) >= 11 is 0. The number of aliphatic hydroxyl groups excluding tert-OH is 1. The van der Waals surface area contributed by atoms with Crippen LogP contribution in [0, 0.1) is 5.92 Å². The number of amides is 1. The molecule has 4 nitrogen and oxygen atoms in total. The number of anilines is 2. The lowest BCUT2D eigenvalue weighted by atomic mass is 10.0. The third kappa shape index (κ3) is 3.47. The molecule has 0 fully saturated rings. The number of hydrogen-bond donors (Lipinski definition) is 2. The number of rotatable bonds is 6. The number of benzene rings is 1. The predicted octanol–water partition coefficient (Wildman–Crippen LogP) is 2.03. The number of nitrogens with zero attached hydrogens (tertiary/aromatic N) is 1. The van der Waals surface area contributed by atoms with Crippen molar-refractivity contribution in [1.29, 1.82) is 0 Å². The highest BCUT2D eigenvalue weighted by molar-refractivity contribution is 5.97. The molecular weight excluding hydrogens is 228 g/mol. The van der Waals surface area contributed by atoms with Crippen LogP contribution >= 0.6 is 0 Å². The van der Waals surface area contributed by atoms with Crippen LogP contribution in [0.2, 0.25) is 0 Å². The Bertz CT molecular complexity index is 393. The van der Waals surface area contributed by atoms with E-state index < -0.39 is 0 Å². The van der Waals surface area contributed by atoms with E-state index in [1.165, 1.54) is 0 Å². The van der Waals surface area contributed by atoms with Crippen molar-refractivity contribution in [1.82, 2.24) is 0 Å². The van der Waals surface area contributed by atoms with E-state index in [1.807, 2.05) is 25.1 Å². The second-order valence-electron chi connectivity index (χ2n) is 4.46. The van der Waals surface area contributed by atoms with Crippen LogP contribution in [0.3, 0.4) is 0 Å². The SMILES string of the molecule is CCCC(C)C(=O)N(CCO)c1ccccc1N. The van der Waals surface area contributed by atoms with Gasteiger partial charge in [0.2, 0.25) is 5.91 Å². The van der Waals surface area contributed by atoms with Gasteiger partial charge < -0.3 is 15.7 Å². The van der Waals surface area contributed by atoms with Gasteiger partial charge in [0.1, 0.15) is 0 Å². The summed E-state index contributed by atoms with van der Waals surface area (Å²) in [5, 5.41) is 9.11. The fourth-order valence-electron chi connectivity index (χ4n) is 2.01. The molecule has 0 heterocycles. The molecule has 0 aliphatic heterocycles. The first-order valence-corrected chi connectivity index (χ1v) is 6.38. The molecule has 0 aliphatic rings. The van der Waals surface area contributed by atoms with Gasteiger partial charge in [0.15, 0.2) is 0 Å². The number of hydrogen-bond acceptors (Lipinski definition) is 3. The Morgan fingerprint density at radius 2 is 2.11 bits per heavy atom. The minimum absolute atomic E-state index is 0.0174. The smallest absolute Gasteiger partial charge is 0.229 e. The van der Waals surface area contributed by atoms with Crippen LogP contribution in [0.4, 0.5) is 11.4 Å². The summed E-state index contributed by atoms with van der Waals surface area (Å²) in [6.07, 6.45) is 1.80. The zero-order valence-corrected chi connectivity index (χ0v) is 11.1. The molecule has 1 aromatic carbocycles. The van der Waals surface area contributed by atoms with E-state index in [4.69, 9.17) is 10.8 Å². The zero-order chi connectivity index (χ0) is 13.5. The summed E-state index contributed by atoms with van der Waals surface area (Å²) in [6, 6.07) is 7.24. The lowest BCUT2D eigenvalue weighted by Crippen LogP contribution is -2.37. The van der Waals surface area contributed by atoms with Gasteiger partial charge in [-0.2, -0.15) is 0 Å². The molecule has 0 aromatic heterocycles. The number of para-hydroxylation sites is 2. The average Bonchev–Trinajstić information content (AvgIpc) is 2.36. The third-order valence-electron chi connectivity index (χ3n) is 2.96. The second-order valence-corrected chi connectivity index (χ2v) is 4.46. The summed E-state index contributed by atoms with van der Waals surface area (Å²) in [7, 11) is 0. The van der Waals surface area contributed by atoms with Gasteiger partial charge in [-0.05, 0) is 18.6 Å².